The highest BCUT2D eigenvalue weighted by atomic mass is 14.8. The fraction of sp³-hybridized carbons (Fsp3) is 0.294. The van der Waals surface area contributed by atoms with Gasteiger partial charge in [-0.1, -0.05) is 50.2 Å². The second-order valence-corrected chi connectivity index (χ2v) is 4.76. The third-order valence-corrected chi connectivity index (χ3v) is 3.60. The van der Waals surface area contributed by atoms with E-state index in [1.54, 1.807) is 0 Å². The van der Waals surface area contributed by atoms with Crippen molar-refractivity contribution in [2.45, 2.75) is 26.2 Å². The second-order valence-electron chi connectivity index (χ2n) is 4.76. The van der Waals surface area contributed by atoms with Crippen molar-refractivity contribution in [1.29, 1.82) is 0 Å². The van der Waals surface area contributed by atoms with Crippen molar-refractivity contribution in [1.82, 2.24) is 0 Å². The summed E-state index contributed by atoms with van der Waals surface area (Å²) in [5.41, 5.74) is 5.12. The fourth-order valence-electron chi connectivity index (χ4n) is 2.07. The monoisotopic (exact) mass is 239 g/mol. The van der Waals surface area contributed by atoms with Crippen molar-refractivity contribution in [3.8, 4) is 11.1 Å². The SMILES string of the molecule is CCC(C)c1ccc(-c2ccc(NC)cc2)cc1. The van der Waals surface area contributed by atoms with Gasteiger partial charge in [0.15, 0.2) is 0 Å². The van der Waals surface area contributed by atoms with E-state index in [0.29, 0.717) is 5.92 Å². The number of anilines is 1. The van der Waals surface area contributed by atoms with Gasteiger partial charge in [-0.3, -0.25) is 0 Å². The largest absolute Gasteiger partial charge is 0.388 e. The van der Waals surface area contributed by atoms with Gasteiger partial charge in [-0.05, 0) is 41.2 Å². The van der Waals surface area contributed by atoms with E-state index < -0.39 is 0 Å². The van der Waals surface area contributed by atoms with Crippen LogP contribution in [0.25, 0.3) is 11.1 Å². The number of hydrogen-bond donors (Lipinski definition) is 1. The maximum absolute atomic E-state index is 3.14. The van der Waals surface area contributed by atoms with Crippen molar-refractivity contribution in [2.75, 3.05) is 12.4 Å². The van der Waals surface area contributed by atoms with Gasteiger partial charge in [0.2, 0.25) is 0 Å². The Hall–Kier alpha value is -1.76. The van der Waals surface area contributed by atoms with Gasteiger partial charge in [-0.25, -0.2) is 0 Å². The summed E-state index contributed by atoms with van der Waals surface area (Å²) >= 11 is 0. The van der Waals surface area contributed by atoms with E-state index in [9.17, 15) is 0 Å². The molecule has 2 aromatic rings. The van der Waals surface area contributed by atoms with Crippen LogP contribution in [0.3, 0.4) is 0 Å². The molecule has 0 aromatic heterocycles. The Balaban J connectivity index is 2.22. The van der Waals surface area contributed by atoms with Crippen molar-refractivity contribution in [2.24, 2.45) is 0 Å². The zero-order valence-electron chi connectivity index (χ0n) is 11.4. The van der Waals surface area contributed by atoms with Gasteiger partial charge in [0.05, 0.1) is 0 Å². The van der Waals surface area contributed by atoms with E-state index in [-0.39, 0.29) is 0 Å². The average molecular weight is 239 g/mol. The molecule has 0 amide bonds. The van der Waals surface area contributed by atoms with Crippen LogP contribution in [0.15, 0.2) is 48.5 Å². The Kier molecular flexibility index (Phi) is 4.03. The van der Waals surface area contributed by atoms with Gasteiger partial charge in [-0.2, -0.15) is 0 Å². The van der Waals surface area contributed by atoms with Gasteiger partial charge >= 0.3 is 0 Å². The third-order valence-electron chi connectivity index (χ3n) is 3.60. The molecule has 0 aliphatic rings. The maximum atomic E-state index is 3.14. The molecule has 0 bridgehead atoms. The molecule has 0 saturated carbocycles. The number of hydrogen-bond acceptors (Lipinski definition) is 1. The predicted molar refractivity (Wildman–Crippen MR) is 80.1 cm³/mol. The summed E-state index contributed by atoms with van der Waals surface area (Å²) in [5, 5.41) is 3.14. The van der Waals surface area contributed by atoms with E-state index in [4.69, 9.17) is 0 Å². The number of nitrogens with one attached hydrogen (secondary N) is 1. The molecule has 18 heavy (non-hydrogen) atoms. The second kappa shape index (κ2) is 5.72. The van der Waals surface area contributed by atoms with Gasteiger partial charge < -0.3 is 5.32 Å². The summed E-state index contributed by atoms with van der Waals surface area (Å²) in [4.78, 5) is 0. The zero-order chi connectivity index (χ0) is 13.0. The molecule has 1 heteroatoms. The number of benzene rings is 2. The lowest BCUT2D eigenvalue weighted by molar-refractivity contribution is 0.734. The van der Waals surface area contributed by atoms with E-state index in [1.165, 1.54) is 23.1 Å². The minimum absolute atomic E-state index is 0.644. The van der Waals surface area contributed by atoms with Gasteiger partial charge in [0.1, 0.15) is 0 Å². The van der Waals surface area contributed by atoms with Gasteiger partial charge in [0, 0.05) is 12.7 Å². The Labute approximate surface area is 110 Å². The number of rotatable bonds is 4. The summed E-state index contributed by atoms with van der Waals surface area (Å²) < 4.78 is 0. The van der Waals surface area contributed by atoms with Crippen molar-refractivity contribution in [3.05, 3.63) is 54.1 Å². The Morgan fingerprint density at radius 3 is 1.83 bits per heavy atom. The average Bonchev–Trinajstić information content (AvgIpc) is 2.47. The van der Waals surface area contributed by atoms with Crippen molar-refractivity contribution < 1.29 is 0 Å². The first kappa shape index (κ1) is 12.7. The van der Waals surface area contributed by atoms with Gasteiger partial charge in [0.25, 0.3) is 0 Å². The van der Waals surface area contributed by atoms with Crippen LogP contribution in [-0.2, 0) is 0 Å². The third kappa shape index (κ3) is 2.73. The van der Waals surface area contributed by atoms with E-state index in [2.05, 4.69) is 67.7 Å². The van der Waals surface area contributed by atoms with Crippen LogP contribution >= 0.6 is 0 Å². The first-order valence-corrected chi connectivity index (χ1v) is 6.62. The molecule has 1 N–H and O–H groups in total. The molecular weight excluding hydrogens is 218 g/mol. The van der Waals surface area contributed by atoms with Crippen LogP contribution in [0.1, 0.15) is 31.7 Å². The molecular formula is C17H21N. The van der Waals surface area contributed by atoms with E-state index in [1.807, 2.05) is 7.05 Å². The Bertz CT molecular complexity index is 482. The molecule has 0 heterocycles. The molecule has 94 valence electrons. The molecule has 1 unspecified atom stereocenters. The summed E-state index contributed by atoms with van der Waals surface area (Å²) in [5.74, 6) is 0.644. The topological polar surface area (TPSA) is 12.0 Å². The summed E-state index contributed by atoms with van der Waals surface area (Å²) in [6, 6.07) is 17.5. The molecule has 0 saturated heterocycles. The minimum atomic E-state index is 0.644. The molecule has 0 fully saturated rings. The van der Waals surface area contributed by atoms with Crippen LogP contribution < -0.4 is 5.32 Å². The highest BCUT2D eigenvalue weighted by Gasteiger charge is 2.03. The maximum Gasteiger partial charge on any atom is 0.0337 e. The molecule has 2 aromatic carbocycles. The lowest BCUT2D eigenvalue weighted by Gasteiger charge is -2.10. The molecule has 0 aliphatic carbocycles. The lowest BCUT2D eigenvalue weighted by atomic mass is 9.96. The summed E-state index contributed by atoms with van der Waals surface area (Å²) in [6.45, 7) is 4.51. The normalized spacial score (nSPS) is 12.2. The van der Waals surface area contributed by atoms with E-state index in [0.717, 1.165) is 5.69 Å². The summed E-state index contributed by atoms with van der Waals surface area (Å²) in [7, 11) is 1.94. The zero-order valence-corrected chi connectivity index (χ0v) is 11.4. The van der Waals surface area contributed by atoms with Crippen molar-refractivity contribution >= 4 is 5.69 Å². The highest BCUT2D eigenvalue weighted by Crippen LogP contribution is 2.25. The highest BCUT2D eigenvalue weighted by molar-refractivity contribution is 5.66. The predicted octanol–water partition coefficient (Wildman–Crippen LogP) is 4.91. The molecule has 1 nitrogen and oxygen atoms in total. The lowest BCUT2D eigenvalue weighted by Crippen LogP contribution is -1.91. The van der Waals surface area contributed by atoms with Crippen LogP contribution in [0, 0.1) is 0 Å². The molecule has 2 rings (SSSR count). The van der Waals surface area contributed by atoms with Gasteiger partial charge in [-0.15, -0.1) is 0 Å². The minimum Gasteiger partial charge on any atom is -0.388 e. The molecule has 0 radical (unpaired) electrons. The molecule has 0 spiro atoms. The standard InChI is InChI=1S/C17H21N/c1-4-13(2)14-5-7-15(8-6-14)16-9-11-17(18-3)12-10-16/h5-13,18H,4H2,1-3H3. The molecule has 1 atom stereocenters. The fourth-order valence-corrected chi connectivity index (χ4v) is 2.07. The quantitative estimate of drug-likeness (QED) is 0.799. The first-order valence-electron chi connectivity index (χ1n) is 6.62. The van der Waals surface area contributed by atoms with E-state index >= 15 is 0 Å². The Morgan fingerprint density at radius 1 is 0.889 bits per heavy atom. The van der Waals surface area contributed by atoms with Crippen LogP contribution in [-0.4, -0.2) is 7.05 Å². The summed E-state index contributed by atoms with van der Waals surface area (Å²) in [6.07, 6.45) is 1.19. The first-order chi connectivity index (χ1) is 8.74. The Morgan fingerprint density at radius 2 is 1.39 bits per heavy atom. The van der Waals surface area contributed by atoms with Crippen LogP contribution in [0.5, 0.6) is 0 Å². The molecule has 0 aliphatic heterocycles. The van der Waals surface area contributed by atoms with Crippen molar-refractivity contribution in [3.63, 3.8) is 0 Å². The van der Waals surface area contributed by atoms with Crippen LogP contribution in [0.4, 0.5) is 5.69 Å². The van der Waals surface area contributed by atoms with Crippen LogP contribution in [0.2, 0.25) is 0 Å². The smallest absolute Gasteiger partial charge is 0.0337 e.